The van der Waals surface area contributed by atoms with Gasteiger partial charge < -0.3 is 4.74 Å². The molecule has 0 heterocycles. The molecule has 0 aliphatic carbocycles. The third kappa shape index (κ3) is 1.93. The van der Waals surface area contributed by atoms with E-state index in [4.69, 9.17) is 22.8 Å². The van der Waals surface area contributed by atoms with Crippen LogP contribution in [0.4, 0.5) is 0 Å². The van der Waals surface area contributed by atoms with E-state index in [-0.39, 0.29) is 0 Å². The number of hydrogen-bond acceptors (Lipinski definition) is 1. The molecule has 2 heteroatoms. The molecule has 0 saturated heterocycles. The molecule has 1 aromatic rings. The Balaban J connectivity index is 3.01. The Labute approximate surface area is 77.3 Å². The molecule has 0 spiro atoms. The predicted octanol–water partition coefficient (Wildman–Crippen LogP) is 2.72. The summed E-state index contributed by atoms with van der Waals surface area (Å²) < 4.78 is 5.25. The van der Waals surface area contributed by atoms with Gasteiger partial charge in [-0.15, -0.1) is 6.42 Å². The predicted molar refractivity (Wildman–Crippen MR) is 50.6 cm³/mol. The summed E-state index contributed by atoms with van der Waals surface area (Å²) in [7, 11) is 0. The molecular formula is C10H9ClO. The highest BCUT2D eigenvalue weighted by Crippen LogP contribution is 2.24. The second-order valence-corrected chi connectivity index (χ2v) is 2.63. The van der Waals surface area contributed by atoms with Crippen molar-refractivity contribution < 1.29 is 4.74 Å². The number of hydrogen-bond donors (Lipinski definition) is 0. The van der Waals surface area contributed by atoms with Gasteiger partial charge in [-0.05, 0) is 25.1 Å². The van der Waals surface area contributed by atoms with Gasteiger partial charge in [0.25, 0.3) is 0 Å². The molecule has 0 atom stereocenters. The van der Waals surface area contributed by atoms with Gasteiger partial charge in [-0.3, -0.25) is 0 Å². The SMILES string of the molecule is C#Cc1ccc(Cl)c(OCC)c1. The molecule has 0 amide bonds. The van der Waals surface area contributed by atoms with Crippen LogP contribution in [0, 0.1) is 12.3 Å². The van der Waals surface area contributed by atoms with Crippen molar-refractivity contribution in [2.75, 3.05) is 6.61 Å². The van der Waals surface area contributed by atoms with Gasteiger partial charge in [-0.25, -0.2) is 0 Å². The van der Waals surface area contributed by atoms with E-state index in [1.807, 2.05) is 6.92 Å². The highest BCUT2D eigenvalue weighted by atomic mass is 35.5. The third-order valence-corrected chi connectivity index (χ3v) is 1.71. The van der Waals surface area contributed by atoms with Crippen molar-refractivity contribution in [3.05, 3.63) is 28.8 Å². The average molecular weight is 181 g/mol. The van der Waals surface area contributed by atoms with E-state index in [0.29, 0.717) is 17.4 Å². The van der Waals surface area contributed by atoms with Crippen molar-refractivity contribution in [2.24, 2.45) is 0 Å². The zero-order chi connectivity index (χ0) is 8.97. The fourth-order valence-corrected chi connectivity index (χ4v) is 1.03. The maximum atomic E-state index is 5.84. The van der Waals surface area contributed by atoms with Crippen LogP contribution in [0.2, 0.25) is 5.02 Å². The lowest BCUT2D eigenvalue weighted by Crippen LogP contribution is -1.92. The second kappa shape index (κ2) is 4.04. The van der Waals surface area contributed by atoms with Crippen molar-refractivity contribution in [2.45, 2.75) is 6.92 Å². The van der Waals surface area contributed by atoms with Gasteiger partial charge >= 0.3 is 0 Å². The van der Waals surface area contributed by atoms with E-state index in [2.05, 4.69) is 5.92 Å². The first kappa shape index (κ1) is 8.96. The third-order valence-electron chi connectivity index (χ3n) is 1.40. The van der Waals surface area contributed by atoms with E-state index >= 15 is 0 Å². The summed E-state index contributed by atoms with van der Waals surface area (Å²) in [6, 6.07) is 5.28. The summed E-state index contributed by atoms with van der Waals surface area (Å²) >= 11 is 5.84. The Morgan fingerprint density at radius 1 is 1.58 bits per heavy atom. The van der Waals surface area contributed by atoms with E-state index in [9.17, 15) is 0 Å². The van der Waals surface area contributed by atoms with E-state index in [1.54, 1.807) is 18.2 Å². The number of benzene rings is 1. The fourth-order valence-electron chi connectivity index (χ4n) is 0.859. The van der Waals surface area contributed by atoms with Crippen LogP contribution in [-0.4, -0.2) is 6.61 Å². The molecule has 0 aromatic heterocycles. The molecule has 0 unspecified atom stereocenters. The average Bonchev–Trinajstić information content (AvgIpc) is 2.09. The van der Waals surface area contributed by atoms with Crippen molar-refractivity contribution >= 4 is 11.6 Å². The Morgan fingerprint density at radius 3 is 2.92 bits per heavy atom. The number of rotatable bonds is 2. The zero-order valence-corrected chi connectivity index (χ0v) is 7.56. The monoisotopic (exact) mass is 180 g/mol. The molecule has 0 aliphatic rings. The molecule has 0 fully saturated rings. The van der Waals surface area contributed by atoms with Gasteiger partial charge in [0, 0.05) is 5.56 Å². The molecule has 0 aliphatic heterocycles. The zero-order valence-electron chi connectivity index (χ0n) is 6.80. The van der Waals surface area contributed by atoms with Crippen LogP contribution in [0.5, 0.6) is 5.75 Å². The molecule has 1 aromatic carbocycles. The topological polar surface area (TPSA) is 9.23 Å². The molecular weight excluding hydrogens is 172 g/mol. The highest BCUT2D eigenvalue weighted by molar-refractivity contribution is 6.32. The fraction of sp³-hybridized carbons (Fsp3) is 0.200. The molecule has 0 N–H and O–H groups in total. The Kier molecular flexibility index (Phi) is 3.01. The molecule has 0 radical (unpaired) electrons. The van der Waals surface area contributed by atoms with Crippen LogP contribution in [0.1, 0.15) is 12.5 Å². The molecule has 0 saturated carbocycles. The summed E-state index contributed by atoms with van der Waals surface area (Å²) in [4.78, 5) is 0. The Bertz CT molecular complexity index is 312. The van der Waals surface area contributed by atoms with Crippen LogP contribution in [0.25, 0.3) is 0 Å². The molecule has 0 bridgehead atoms. The lowest BCUT2D eigenvalue weighted by atomic mass is 10.2. The first-order valence-electron chi connectivity index (χ1n) is 3.67. The molecule has 12 heavy (non-hydrogen) atoms. The smallest absolute Gasteiger partial charge is 0.139 e. The number of ether oxygens (including phenoxy) is 1. The minimum absolute atomic E-state index is 0.591. The first-order chi connectivity index (χ1) is 5.77. The van der Waals surface area contributed by atoms with Crippen LogP contribution in [-0.2, 0) is 0 Å². The maximum absolute atomic E-state index is 5.84. The molecule has 62 valence electrons. The standard InChI is InChI=1S/C10H9ClO/c1-3-8-5-6-9(11)10(7-8)12-4-2/h1,5-7H,4H2,2H3. The van der Waals surface area contributed by atoms with Crippen LogP contribution in [0.3, 0.4) is 0 Å². The van der Waals surface area contributed by atoms with Crippen molar-refractivity contribution in [3.8, 4) is 18.1 Å². The van der Waals surface area contributed by atoms with Gasteiger partial charge in [-0.2, -0.15) is 0 Å². The normalized spacial score (nSPS) is 9.08. The lowest BCUT2D eigenvalue weighted by molar-refractivity contribution is 0.340. The number of terminal acetylenes is 1. The van der Waals surface area contributed by atoms with Crippen LogP contribution >= 0.6 is 11.6 Å². The summed E-state index contributed by atoms with van der Waals surface area (Å²) in [5, 5.41) is 0.593. The van der Waals surface area contributed by atoms with E-state index in [1.165, 1.54) is 0 Å². The second-order valence-electron chi connectivity index (χ2n) is 2.22. The van der Waals surface area contributed by atoms with Gasteiger partial charge in [0.05, 0.1) is 11.6 Å². The van der Waals surface area contributed by atoms with Gasteiger partial charge in [0.2, 0.25) is 0 Å². The maximum Gasteiger partial charge on any atom is 0.139 e. The number of halogens is 1. The molecule has 1 rings (SSSR count). The van der Waals surface area contributed by atoms with E-state index in [0.717, 1.165) is 5.56 Å². The van der Waals surface area contributed by atoms with Crippen molar-refractivity contribution in [1.29, 1.82) is 0 Å². The van der Waals surface area contributed by atoms with Crippen molar-refractivity contribution in [3.63, 3.8) is 0 Å². The van der Waals surface area contributed by atoms with Crippen LogP contribution in [0.15, 0.2) is 18.2 Å². The molecule has 1 nitrogen and oxygen atoms in total. The summed E-state index contributed by atoms with van der Waals surface area (Å²) in [6.45, 7) is 2.49. The van der Waals surface area contributed by atoms with Gasteiger partial charge in [-0.1, -0.05) is 17.5 Å². The Morgan fingerprint density at radius 2 is 2.33 bits per heavy atom. The highest BCUT2D eigenvalue weighted by Gasteiger charge is 2.00. The quantitative estimate of drug-likeness (QED) is 0.636. The van der Waals surface area contributed by atoms with Crippen molar-refractivity contribution in [1.82, 2.24) is 0 Å². The minimum Gasteiger partial charge on any atom is -0.492 e. The summed E-state index contributed by atoms with van der Waals surface area (Å²) in [6.07, 6.45) is 5.22. The minimum atomic E-state index is 0.591. The Hall–Kier alpha value is -1.13. The van der Waals surface area contributed by atoms with E-state index < -0.39 is 0 Å². The van der Waals surface area contributed by atoms with Gasteiger partial charge in [0.15, 0.2) is 0 Å². The lowest BCUT2D eigenvalue weighted by Gasteiger charge is -2.04. The summed E-state index contributed by atoms with van der Waals surface area (Å²) in [5.74, 6) is 3.16. The largest absolute Gasteiger partial charge is 0.492 e. The van der Waals surface area contributed by atoms with Gasteiger partial charge in [0.1, 0.15) is 5.75 Å². The first-order valence-corrected chi connectivity index (χ1v) is 4.04. The van der Waals surface area contributed by atoms with Crippen LogP contribution < -0.4 is 4.74 Å². The summed E-state index contributed by atoms with van der Waals surface area (Å²) in [5.41, 5.74) is 0.780.